The first-order valence-electron chi connectivity index (χ1n) is 9.59. The molecule has 9 heteroatoms. The van der Waals surface area contributed by atoms with Gasteiger partial charge in [-0.2, -0.15) is 10.2 Å². The van der Waals surface area contributed by atoms with Crippen LogP contribution in [0.2, 0.25) is 0 Å². The molecule has 1 saturated heterocycles. The highest BCUT2D eigenvalue weighted by atomic mass is 79.9. The number of anilines is 1. The van der Waals surface area contributed by atoms with Gasteiger partial charge in [-0.15, -0.1) is 0 Å². The molecular weight excluding hydrogens is 432 g/mol. The molecular formula is C20H21BrN8. The van der Waals surface area contributed by atoms with Crippen molar-refractivity contribution >= 4 is 32.7 Å². The van der Waals surface area contributed by atoms with Gasteiger partial charge in [0.25, 0.3) is 0 Å². The quantitative estimate of drug-likeness (QED) is 0.495. The zero-order chi connectivity index (χ0) is 20.0. The number of fused-ring (bicyclic) bond motifs is 1. The summed E-state index contributed by atoms with van der Waals surface area (Å²) in [6.45, 7) is 1.77. The molecule has 1 fully saturated rings. The van der Waals surface area contributed by atoms with Crippen LogP contribution in [0.25, 0.3) is 33.5 Å². The Kier molecular flexibility index (Phi) is 4.56. The number of aryl methyl sites for hydroxylation is 1. The summed E-state index contributed by atoms with van der Waals surface area (Å²) in [6.07, 6.45) is 7.69. The third-order valence-electron chi connectivity index (χ3n) is 5.28. The molecule has 0 radical (unpaired) electrons. The van der Waals surface area contributed by atoms with E-state index in [9.17, 15) is 0 Å². The topological polar surface area (TPSA) is 102 Å². The van der Waals surface area contributed by atoms with Crippen LogP contribution in [0, 0.1) is 0 Å². The van der Waals surface area contributed by atoms with Gasteiger partial charge in [0.1, 0.15) is 11.5 Å². The third kappa shape index (κ3) is 3.40. The van der Waals surface area contributed by atoms with Gasteiger partial charge in [-0.25, -0.2) is 4.98 Å². The average Bonchev–Trinajstić information content (AvgIpc) is 3.34. The maximum atomic E-state index is 6.18. The number of nitrogens with zero attached hydrogens (tertiary/aromatic N) is 6. The number of nitrogens with one attached hydrogen (secondary N) is 1. The molecule has 1 aliphatic rings. The summed E-state index contributed by atoms with van der Waals surface area (Å²) in [6, 6.07) is 6.23. The molecule has 5 rings (SSSR count). The van der Waals surface area contributed by atoms with Gasteiger partial charge in [0, 0.05) is 43.3 Å². The van der Waals surface area contributed by atoms with Crippen LogP contribution in [0.3, 0.4) is 0 Å². The number of aromatic nitrogens is 6. The molecule has 5 heterocycles. The normalized spacial score (nSPS) is 17.2. The maximum absolute atomic E-state index is 6.18. The minimum atomic E-state index is 0.181. The average molecular weight is 453 g/mol. The minimum Gasteiger partial charge on any atom is -0.354 e. The summed E-state index contributed by atoms with van der Waals surface area (Å²) in [5, 5.41) is 12.8. The van der Waals surface area contributed by atoms with E-state index < -0.39 is 0 Å². The van der Waals surface area contributed by atoms with Crippen LogP contribution in [-0.2, 0) is 7.05 Å². The van der Waals surface area contributed by atoms with Crippen LogP contribution < -0.4 is 10.6 Å². The van der Waals surface area contributed by atoms with Gasteiger partial charge in [-0.05, 0) is 47.0 Å². The highest BCUT2D eigenvalue weighted by molar-refractivity contribution is 9.10. The summed E-state index contributed by atoms with van der Waals surface area (Å²) in [5.41, 5.74) is 10.5. The highest BCUT2D eigenvalue weighted by Gasteiger charge is 2.21. The van der Waals surface area contributed by atoms with Crippen LogP contribution in [-0.4, -0.2) is 49.1 Å². The molecule has 3 N–H and O–H groups in total. The number of pyridine rings is 2. The second-order valence-electron chi connectivity index (χ2n) is 7.44. The smallest absolute Gasteiger partial charge is 0.143 e. The van der Waals surface area contributed by atoms with Crippen molar-refractivity contribution < 1.29 is 0 Å². The van der Waals surface area contributed by atoms with Crippen molar-refractivity contribution in [1.29, 1.82) is 0 Å². The van der Waals surface area contributed by atoms with E-state index in [1.54, 1.807) is 10.9 Å². The van der Waals surface area contributed by atoms with E-state index in [2.05, 4.69) is 41.1 Å². The van der Waals surface area contributed by atoms with E-state index >= 15 is 0 Å². The third-order valence-corrected chi connectivity index (χ3v) is 5.89. The lowest BCUT2D eigenvalue weighted by atomic mass is 10.1. The van der Waals surface area contributed by atoms with Crippen molar-refractivity contribution in [3.05, 3.63) is 41.3 Å². The molecule has 0 bridgehead atoms. The molecule has 8 nitrogen and oxygen atoms in total. The number of rotatable bonds is 3. The fourth-order valence-corrected chi connectivity index (χ4v) is 4.28. The second kappa shape index (κ2) is 7.23. The standard InChI is InChI=1S/C20H21BrN8/c1-28-10-12(8-24-28)17-7-14-18(9-23-17)26-27-19(14)16-5-4-15(21)20(25-16)29-6-2-3-13(22)11-29/h4-5,7-10,13H,2-3,6,11,22H2,1H3,(H,26,27)/t13-/m0/s1. The van der Waals surface area contributed by atoms with Gasteiger partial charge in [-0.1, -0.05) is 0 Å². The lowest BCUT2D eigenvalue weighted by molar-refractivity contribution is 0.503. The van der Waals surface area contributed by atoms with Crippen LogP contribution in [0.5, 0.6) is 0 Å². The van der Waals surface area contributed by atoms with Gasteiger partial charge in [0.05, 0.1) is 33.8 Å². The Hall–Kier alpha value is -2.78. The van der Waals surface area contributed by atoms with E-state index in [-0.39, 0.29) is 6.04 Å². The molecule has 1 atom stereocenters. The van der Waals surface area contributed by atoms with E-state index in [4.69, 9.17) is 10.7 Å². The predicted octanol–water partition coefficient (Wildman–Crippen LogP) is 3.11. The first-order valence-corrected chi connectivity index (χ1v) is 10.4. The molecule has 0 saturated carbocycles. The Balaban J connectivity index is 1.57. The van der Waals surface area contributed by atoms with Gasteiger partial charge < -0.3 is 10.6 Å². The molecule has 0 aliphatic carbocycles. The highest BCUT2D eigenvalue weighted by Crippen LogP contribution is 2.32. The van der Waals surface area contributed by atoms with Crippen molar-refractivity contribution in [2.45, 2.75) is 18.9 Å². The molecule has 0 amide bonds. The van der Waals surface area contributed by atoms with Crippen molar-refractivity contribution in [3.8, 4) is 22.6 Å². The predicted molar refractivity (Wildman–Crippen MR) is 116 cm³/mol. The fourth-order valence-electron chi connectivity index (χ4n) is 3.81. The number of H-pyrrole nitrogens is 1. The monoisotopic (exact) mass is 452 g/mol. The maximum Gasteiger partial charge on any atom is 0.143 e. The van der Waals surface area contributed by atoms with E-state index in [1.807, 2.05) is 37.6 Å². The van der Waals surface area contributed by atoms with Crippen molar-refractivity contribution in [3.63, 3.8) is 0 Å². The number of aromatic amines is 1. The minimum absolute atomic E-state index is 0.181. The molecule has 1 aliphatic heterocycles. The molecule has 0 unspecified atom stereocenters. The summed E-state index contributed by atoms with van der Waals surface area (Å²) < 4.78 is 2.73. The summed E-state index contributed by atoms with van der Waals surface area (Å²) >= 11 is 3.65. The molecule has 4 aromatic heterocycles. The van der Waals surface area contributed by atoms with Crippen molar-refractivity contribution in [1.82, 2.24) is 29.9 Å². The molecule has 4 aromatic rings. The number of hydrogen-bond acceptors (Lipinski definition) is 6. The molecule has 0 aromatic carbocycles. The van der Waals surface area contributed by atoms with Crippen LogP contribution in [0.4, 0.5) is 5.82 Å². The number of halogens is 1. The number of hydrogen-bond donors (Lipinski definition) is 2. The van der Waals surface area contributed by atoms with E-state index in [0.717, 1.165) is 69.8 Å². The summed E-state index contributed by atoms with van der Waals surface area (Å²) in [5.74, 6) is 0.912. The Morgan fingerprint density at radius 2 is 2.14 bits per heavy atom. The summed E-state index contributed by atoms with van der Waals surface area (Å²) in [7, 11) is 1.89. The number of nitrogens with two attached hydrogens (primary N) is 1. The molecule has 148 valence electrons. The fraction of sp³-hybridized carbons (Fsp3) is 0.300. The van der Waals surface area contributed by atoms with Crippen LogP contribution >= 0.6 is 15.9 Å². The van der Waals surface area contributed by atoms with Gasteiger partial charge in [0.15, 0.2) is 0 Å². The summed E-state index contributed by atoms with van der Waals surface area (Å²) in [4.78, 5) is 11.7. The van der Waals surface area contributed by atoms with Crippen LogP contribution in [0.15, 0.2) is 41.3 Å². The zero-order valence-electron chi connectivity index (χ0n) is 16.0. The van der Waals surface area contributed by atoms with Gasteiger partial charge in [-0.3, -0.25) is 14.8 Å². The first-order chi connectivity index (χ1) is 14.1. The lowest BCUT2D eigenvalue weighted by Gasteiger charge is -2.32. The molecule has 0 spiro atoms. The molecule has 29 heavy (non-hydrogen) atoms. The Morgan fingerprint density at radius 3 is 2.93 bits per heavy atom. The first kappa shape index (κ1) is 18.3. The zero-order valence-corrected chi connectivity index (χ0v) is 17.6. The van der Waals surface area contributed by atoms with E-state index in [0.29, 0.717) is 0 Å². The Labute approximate surface area is 176 Å². The number of piperidine rings is 1. The van der Waals surface area contributed by atoms with Gasteiger partial charge in [0.2, 0.25) is 0 Å². The van der Waals surface area contributed by atoms with Crippen LogP contribution in [0.1, 0.15) is 12.8 Å². The van der Waals surface area contributed by atoms with Crippen molar-refractivity contribution in [2.75, 3.05) is 18.0 Å². The van der Waals surface area contributed by atoms with Crippen molar-refractivity contribution in [2.24, 2.45) is 12.8 Å². The Bertz CT molecular complexity index is 1180. The lowest BCUT2D eigenvalue weighted by Crippen LogP contribution is -2.43. The largest absolute Gasteiger partial charge is 0.354 e. The second-order valence-corrected chi connectivity index (χ2v) is 8.29. The Morgan fingerprint density at radius 1 is 1.24 bits per heavy atom. The van der Waals surface area contributed by atoms with E-state index in [1.165, 1.54) is 0 Å². The SMILES string of the molecule is Cn1cc(-c2cc3c(-c4ccc(Br)c(N5CCC[C@H](N)C5)n4)n[nH]c3cn2)cn1. The van der Waals surface area contributed by atoms with Gasteiger partial charge >= 0.3 is 0 Å².